The number of rotatable bonds is 6. The average molecular weight is 587 g/mol. The van der Waals surface area contributed by atoms with E-state index >= 15 is 0 Å². The average Bonchev–Trinajstić information content (AvgIpc) is 2.81. The molecule has 0 aromatic heterocycles. The number of fused-ring (bicyclic) bond motifs is 1. The third-order valence-corrected chi connectivity index (χ3v) is 16.6. The Balaban J connectivity index is -0.00000153. The zero-order valence-corrected chi connectivity index (χ0v) is 28.1. The molecule has 208 valence electrons. The minimum atomic E-state index is -1.99. The Morgan fingerprint density at radius 2 is 1.19 bits per heavy atom. The van der Waals surface area contributed by atoms with E-state index in [4.69, 9.17) is 27.5 Å². The summed E-state index contributed by atoms with van der Waals surface area (Å²) >= 11 is 0. The van der Waals surface area contributed by atoms with Gasteiger partial charge in [-0.15, -0.1) is 0 Å². The van der Waals surface area contributed by atoms with Crippen molar-refractivity contribution in [1.82, 2.24) is 0 Å². The molecule has 0 saturated carbocycles. The van der Waals surface area contributed by atoms with Crippen LogP contribution in [0.5, 0.6) is 11.5 Å². The molecule has 0 saturated heterocycles. The third-order valence-electron chi connectivity index (χ3n) is 7.69. The van der Waals surface area contributed by atoms with Gasteiger partial charge in [-0.2, -0.15) is 0 Å². The van der Waals surface area contributed by atoms with E-state index < -0.39 is 16.6 Å². The summed E-state index contributed by atoms with van der Waals surface area (Å²) in [5.41, 5.74) is 3.88. The first-order chi connectivity index (χ1) is 16.5. The first kappa shape index (κ1) is 40.5. The van der Waals surface area contributed by atoms with E-state index in [9.17, 15) is 0 Å². The Kier molecular flexibility index (Phi) is 18.4. The fourth-order valence-corrected chi connectivity index (χ4v) is 6.01. The van der Waals surface area contributed by atoms with Crippen molar-refractivity contribution in [3.8, 4) is 11.5 Å². The number of ether oxygens (including phenoxy) is 1. The molecule has 1 aromatic rings. The summed E-state index contributed by atoms with van der Waals surface area (Å²) in [4.78, 5) is 0. The van der Waals surface area contributed by atoms with Crippen LogP contribution in [0.25, 0.3) is 0 Å². The molecule has 0 amide bonds. The second-order valence-corrected chi connectivity index (χ2v) is 21.5. The van der Waals surface area contributed by atoms with Crippen molar-refractivity contribution >= 4 is 16.6 Å². The van der Waals surface area contributed by atoms with E-state index in [0.29, 0.717) is 0 Å². The molecule has 1 aliphatic rings. The van der Waals surface area contributed by atoms with E-state index in [0.717, 1.165) is 24.3 Å². The molecule has 0 fully saturated rings. The van der Waals surface area contributed by atoms with Crippen LogP contribution in [0.2, 0.25) is 36.3 Å². The summed E-state index contributed by atoms with van der Waals surface area (Å²) in [5, 5.41) is 0.315. The van der Waals surface area contributed by atoms with Gasteiger partial charge in [0.25, 0.3) is 8.32 Å². The molecule has 1 atom stereocenters. The fourth-order valence-electron chi connectivity index (χ4n) is 3.59. The van der Waals surface area contributed by atoms with Gasteiger partial charge in [-0.3, -0.25) is 0 Å². The van der Waals surface area contributed by atoms with Crippen LogP contribution in [0.15, 0.2) is 6.07 Å². The molecule has 37 heavy (non-hydrogen) atoms. The van der Waals surface area contributed by atoms with Gasteiger partial charge in [-0.25, -0.2) is 0 Å². The maximum Gasteiger partial charge on any atom is 0 e. The molecule has 0 aliphatic heterocycles. The van der Waals surface area contributed by atoms with Crippen molar-refractivity contribution < 1.29 is 44.9 Å². The Bertz CT molecular complexity index is 879. The molecule has 0 heterocycles. The predicted molar refractivity (Wildman–Crippen MR) is 146 cm³/mol. The molecule has 1 aromatic carbocycles. The van der Waals surface area contributed by atoms with E-state index in [1.54, 1.807) is 7.11 Å². The van der Waals surface area contributed by atoms with Crippen LogP contribution in [0.3, 0.4) is 0 Å². The summed E-state index contributed by atoms with van der Waals surface area (Å²) in [7, 11) is -2.11. The molecule has 0 unspecified atom stereocenters. The smallest absolute Gasteiger partial charge is 0 e. The summed E-state index contributed by atoms with van der Waals surface area (Å²) in [5.74, 6) is 2.11. The minimum Gasteiger partial charge on any atom is 0 e. The van der Waals surface area contributed by atoms with Crippen LogP contribution in [0.4, 0.5) is 0 Å². The van der Waals surface area contributed by atoms with Crippen molar-refractivity contribution in [2.75, 3.05) is 7.11 Å². The largest absolute Gasteiger partial charge is 0 e. The van der Waals surface area contributed by atoms with Gasteiger partial charge in [0.15, 0.2) is 8.32 Å². The first-order valence-corrected chi connectivity index (χ1v) is 18.0. The Labute approximate surface area is 238 Å². The monoisotopic (exact) mass is 586 g/mol. The van der Waals surface area contributed by atoms with Crippen LogP contribution >= 0.6 is 0 Å². The van der Waals surface area contributed by atoms with Crippen LogP contribution < -0.4 is 9.16 Å². The van der Waals surface area contributed by atoms with Crippen molar-refractivity contribution in [2.24, 2.45) is 0 Å². The van der Waals surface area contributed by atoms with Crippen LogP contribution in [-0.2, 0) is 48.6 Å². The molecule has 0 bridgehead atoms. The standard InChI is InChI=1S/C25H46O3Si2.3CO.Cr/c1-18(27-29(9,10)24(2,3)4)21-17-22(26-8)19-15-13-14-16-20(19)23(21)28-30(11,12)25(5,6)7;3*1-2;/h17-18H,13-16H2,1-12H3;;;;/t18-;;;;/m0..../s1. The topological polar surface area (TPSA) is 87.4 Å². The molecule has 1 aliphatic carbocycles. The van der Waals surface area contributed by atoms with Gasteiger partial charge >= 0.3 is 33.9 Å². The van der Waals surface area contributed by atoms with Gasteiger partial charge in [0.2, 0.25) is 0 Å². The van der Waals surface area contributed by atoms with Gasteiger partial charge in [-0.1, -0.05) is 41.5 Å². The van der Waals surface area contributed by atoms with Gasteiger partial charge < -0.3 is 13.6 Å². The number of hydrogen-bond donors (Lipinski definition) is 0. The summed E-state index contributed by atoms with van der Waals surface area (Å²) < 4.78 is 42.2. The zero-order valence-electron chi connectivity index (χ0n) is 24.8. The van der Waals surface area contributed by atoms with Crippen molar-refractivity contribution in [2.45, 2.75) is 117 Å². The number of methoxy groups -OCH3 is 1. The molecule has 0 N–H and O–H groups in total. The molecule has 9 heteroatoms. The van der Waals surface area contributed by atoms with Crippen LogP contribution in [0.1, 0.15) is 84.1 Å². The molecule has 0 spiro atoms. The number of hydrogen-bond acceptors (Lipinski definition) is 3. The predicted octanol–water partition coefficient (Wildman–Crippen LogP) is 7.93. The quantitative estimate of drug-likeness (QED) is 0.193. The van der Waals surface area contributed by atoms with Gasteiger partial charge in [0.05, 0.1) is 13.2 Å². The molecule has 2 rings (SSSR count). The summed E-state index contributed by atoms with van der Waals surface area (Å²) in [6.07, 6.45) is 4.55. The SMILES string of the molecule is COc1cc([C@H](C)O[Si](C)(C)C(C)(C)C)c(O[Si](C)(C)C(C)(C)C)c2c1CCCC2.[C-]#[O+].[C-]#[O+].[C-]#[O+].[Cr]. The third kappa shape index (κ3) is 10.6. The van der Waals surface area contributed by atoms with Crippen LogP contribution in [0, 0.1) is 20.0 Å². The van der Waals surface area contributed by atoms with Crippen molar-refractivity contribution in [1.29, 1.82) is 0 Å². The molecule has 6 nitrogen and oxygen atoms in total. The van der Waals surface area contributed by atoms with Crippen molar-refractivity contribution in [3.63, 3.8) is 0 Å². The maximum absolute atomic E-state index is 7.50. The normalized spacial score (nSPS) is 13.8. The fraction of sp³-hybridized carbons (Fsp3) is 0.679. The summed E-state index contributed by atoms with van der Waals surface area (Å²) in [6.45, 7) is 38.9. The molecular formula is C28H46CrO6Si2. The van der Waals surface area contributed by atoms with E-state index in [-0.39, 0.29) is 33.5 Å². The first-order valence-electron chi connectivity index (χ1n) is 12.2. The Morgan fingerprint density at radius 1 is 0.784 bits per heavy atom. The maximum atomic E-state index is 7.50. The summed E-state index contributed by atoms with van der Waals surface area (Å²) in [6, 6.07) is 2.21. The zero-order chi connectivity index (χ0) is 29.1. The second-order valence-electron chi connectivity index (χ2n) is 12.0. The Hall–Kier alpha value is -1.03. The molecule has 0 radical (unpaired) electrons. The Morgan fingerprint density at radius 3 is 1.57 bits per heavy atom. The van der Waals surface area contributed by atoms with Crippen LogP contribution in [-0.4, -0.2) is 23.7 Å². The van der Waals surface area contributed by atoms with Gasteiger partial charge in [0, 0.05) is 28.5 Å². The van der Waals surface area contributed by atoms with E-state index in [1.165, 1.54) is 29.5 Å². The van der Waals surface area contributed by atoms with Crippen molar-refractivity contribution in [3.05, 3.63) is 42.7 Å². The van der Waals surface area contributed by atoms with Gasteiger partial charge in [0.1, 0.15) is 11.5 Å². The van der Waals surface area contributed by atoms with E-state index in [1.807, 2.05) is 0 Å². The minimum absolute atomic E-state index is 0. The second kappa shape index (κ2) is 16.8. The number of benzene rings is 1. The van der Waals surface area contributed by atoms with E-state index in [2.05, 4.69) is 101 Å². The molecular weight excluding hydrogens is 540 g/mol. The van der Waals surface area contributed by atoms with Gasteiger partial charge in [-0.05, 0) is 80.5 Å².